The summed E-state index contributed by atoms with van der Waals surface area (Å²) in [5.41, 5.74) is 0.729. The molecule has 2 aromatic rings. The molecule has 5 heteroatoms. The first-order valence-electron chi connectivity index (χ1n) is 4.49. The van der Waals surface area contributed by atoms with Crippen molar-refractivity contribution in [3.05, 3.63) is 25.0 Å². The van der Waals surface area contributed by atoms with Crippen LogP contribution in [-0.4, -0.2) is 5.75 Å². The molecule has 0 spiro atoms. The molecular formula is C10H9BrO2S2. The maximum absolute atomic E-state index is 11.8. The predicted octanol–water partition coefficient (Wildman–Crippen LogP) is 4.04. The first kappa shape index (κ1) is 11.2. The highest BCUT2D eigenvalue weighted by molar-refractivity contribution is 9.11. The predicted molar refractivity (Wildman–Crippen MR) is 69.2 cm³/mol. The monoisotopic (exact) mass is 304 g/mol. The molecule has 0 unspecified atom stereocenters. The lowest BCUT2D eigenvalue weighted by Gasteiger charge is -1.97. The summed E-state index contributed by atoms with van der Waals surface area (Å²) in [5.74, 6) is 0.898. The van der Waals surface area contributed by atoms with Crippen LogP contribution in [0.25, 0.3) is 11.0 Å². The third-order valence-corrected chi connectivity index (χ3v) is 4.48. The molecule has 2 nitrogen and oxygen atoms in total. The Morgan fingerprint density at radius 2 is 2.33 bits per heavy atom. The fourth-order valence-corrected chi connectivity index (χ4v) is 3.81. The third kappa shape index (κ3) is 2.00. The van der Waals surface area contributed by atoms with Crippen LogP contribution in [0, 0.1) is 6.92 Å². The van der Waals surface area contributed by atoms with Gasteiger partial charge in [-0.3, -0.25) is 4.79 Å². The van der Waals surface area contributed by atoms with Crippen LogP contribution in [0.3, 0.4) is 0 Å². The highest BCUT2D eigenvalue weighted by atomic mass is 79.9. The van der Waals surface area contributed by atoms with Gasteiger partial charge in [0.05, 0.1) is 5.39 Å². The van der Waals surface area contributed by atoms with Crippen LogP contribution in [0.5, 0.6) is 0 Å². The molecule has 0 saturated heterocycles. The van der Waals surface area contributed by atoms with Gasteiger partial charge in [-0.2, -0.15) is 0 Å². The van der Waals surface area contributed by atoms with E-state index >= 15 is 0 Å². The number of rotatable bonds is 2. The first-order chi connectivity index (χ1) is 7.13. The van der Waals surface area contributed by atoms with E-state index in [1.165, 1.54) is 23.1 Å². The van der Waals surface area contributed by atoms with E-state index in [4.69, 9.17) is 4.42 Å². The minimum absolute atomic E-state index is 0.0478. The molecule has 0 aliphatic heterocycles. The molecule has 0 aliphatic rings. The number of hydrogen-bond donors (Lipinski definition) is 0. The minimum atomic E-state index is 0.0478. The first-order valence-corrected chi connectivity index (χ1v) is 7.08. The molecule has 0 aliphatic carbocycles. The van der Waals surface area contributed by atoms with E-state index < -0.39 is 0 Å². The topological polar surface area (TPSA) is 30.2 Å². The second-order valence-electron chi connectivity index (χ2n) is 3.00. The maximum Gasteiger partial charge on any atom is 0.195 e. The summed E-state index contributed by atoms with van der Waals surface area (Å²) < 4.78 is 6.56. The summed E-state index contributed by atoms with van der Waals surface area (Å²) in [6, 6.07) is 1.57. The van der Waals surface area contributed by atoms with Crippen LogP contribution >= 0.6 is 39.0 Å². The van der Waals surface area contributed by atoms with Gasteiger partial charge >= 0.3 is 0 Å². The second kappa shape index (κ2) is 4.31. The zero-order valence-electron chi connectivity index (χ0n) is 8.30. The van der Waals surface area contributed by atoms with Crippen LogP contribution in [0.15, 0.2) is 24.2 Å². The Labute approximate surface area is 104 Å². The van der Waals surface area contributed by atoms with Crippen LogP contribution in [0.1, 0.15) is 11.8 Å². The highest BCUT2D eigenvalue weighted by Gasteiger charge is 2.13. The van der Waals surface area contributed by atoms with Gasteiger partial charge in [0.2, 0.25) is 0 Å². The molecule has 2 rings (SSSR count). The van der Waals surface area contributed by atoms with Gasteiger partial charge in [0.15, 0.2) is 16.1 Å². The van der Waals surface area contributed by atoms with Gasteiger partial charge < -0.3 is 4.42 Å². The summed E-state index contributed by atoms with van der Waals surface area (Å²) in [4.78, 5) is 12.8. The largest absolute Gasteiger partial charge is 0.448 e. The number of halogens is 1. The molecule has 0 N–H and O–H groups in total. The molecule has 0 amide bonds. The van der Waals surface area contributed by atoms with Crippen molar-refractivity contribution in [1.82, 2.24) is 0 Å². The number of thioether (sulfide) groups is 1. The van der Waals surface area contributed by atoms with Gasteiger partial charge in [0.1, 0.15) is 3.79 Å². The zero-order chi connectivity index (χ0) is 11.0. The van der Waals surface area contributed by atoms with Gasteiger partial charge in [-0.15, -0.1) is 11.3 Å². The quantitative estimate of drug-likeness (QED) is 0.785. The average molecular weight is 305 g/mol. The summed E-state index contributed by atoms with van der Waals surface area (Å²) in [7, 11) is 0. The SMILES string of the molecule is CCSc1cc(=O)c2c(C)sc(Br)c2o1. The Kier molecular flexibility index (Phi) is 3.23. The lowest BCUT2D eigenvalue weighted by atomic mass is 10.3. The summed E-state index contributed by atoms with van der Waals surface area (Å²) in [5, 5.41) is 1.39. The average Bonchev–Trinajstić information content (AvgIpc) is 2.43. The third-order valence-electron chi connectivity index (χ3n) is 1.98. The molecule has 0 atom stereocenters. The molecule has 0 saturated carbocycles. The number of hydrogen-bond acceptors (Lipinski definition) is 4. The zero-order valence-corrected chi connectivity index (χ0v) is 11.5. The van der Waals surface area contributed by atoms with Gasteiger partial charge in [-0.25, -0.2) is 0 Å². The number of thiophene rings is 1. The molecule has 80 valence electrons. The molecule has 2 heterocycles. The fraction of sp³-hybridized carbons (Fsp3) is 0.300. The molecular weight excluding hydrogens is 296 g/mol. The van der Waals surface area contributed by atoms with Gasteiger partial charge in [-0.05, 0) is 28.6 Å². The van der Waals surface area contributed by atoms with Crippen molar-refractivity contribution in [3.63, 3.8) is 0 Å². The van der Waals surface area contributed by atoms with Crippen molar-refractivity contribution >= 4 is 50.0 Å². The Bertz CT molecular complexity index is 556. The van der Waals surface area contributed by atoms with Crippen molar-refractivity contribution < 1.29 is 4.42 Å². The Morgan fingerprint density at radius 3 is 3.00 bits per heavy atom. The Morgan fingerprint density at radius 1 is 1.60 bits per heavy atom. The number of aryl methyl sites for hydroxylation is 1. The van der Waals surface area contributed by atoms with Crippen LogP contribution < -0.4 is 5.43 Å². The molecule has 0 aromatic carbocycles. The van der Waals surface area contributed by atoms with Crippen molar-refractivity contribution in [2.75, 3.05) is 5.75 Å². The van der Waals surface area contributed by atoms with E-state index in [0.717, 1.165) is 14.4 Å². The maximum atomic E-state index is 11.8. The van der Waals surface area contributed by atoms with Crippen molar-refractivity contribution in [2.45, 2.75) is 18.9 Å². The van der Waals surface area contributed by atoms with Crippen LogP contribution in [-0.2, 0) is 0 Å². The van der Waals surface area contributed by atoms with E-state index in [9.17, 15) is 4.79 Å². The van der Waals surface area contributed by atoms with Crippen molar-refractivity contribution in [3.8, 4) is 0 Å². The second-order valence-corrected chi connectivity index (χ2v) is 6.81. The van der Waals surface area contributed by atoms with Gasteiger partial charge in [0.25, 0.3) is 0 Å². The van der Waals surface area contributed by atoms with Crippen molar-refractivity contribution in [1.29, 1.82) is 0 Å². The van der Waals surface area contributed by atoms with E-state index in [0.29, 0.717) is 16.1 Å². The van der Waals surface area contributed by atoms with Crippen molar-refractivity contribution in [2.24, 2.45) is 0 Å². The van der Waals surface area contributed by atoms with E-state index in [-0.39, 0.29) is 5.43 Å². The summed E-state index contributed by atoms with van der Waals surface area (Å²) in [6.07, 6.45) is 0. The molecule has 0 fully saturated rings. The number of fused-ring (bicyclic) bond motifs is 1. The standard InChI is InChI=1S/C10H9BrO2S2/c1-3-14-7-4-6(12)8-5(2)15-10(11)9(8)13-7/h4H,3H2,1-2H3. The smallest absolute Gasteiger partial charge is 0.195 e. The fourth-order valence-electron chi connectivity index (χ4n) is 1.39. The van der Waals surface area contributed by atoms with Crippen LogP contribution in [0.2, 0.25) is 0 Å². The summed E-state index contributed by atoms with van der Waals surface area (Å²) >= 11 is 6.49. The normalized spacial score (nSPS) is 11.1. The molecule has 2 aromatic heterocycles. The Balaban J connectivity index is 2.76. The molecule has 15 heavy (non-hydrogen) atoms. The highest BCUT2D eigenvalue weighted by Crippen LogP contribution is 2.34. The molecule has 0 bridgehead atoms. The van der Waals surface area contributed by atoms with E-state index in [2.05, 4.69) is 15.9 Å². The van der Waals surface area contributed by atoms with E-state index in [1.807, 2.05) is 13.8 Å². The van der Waals surface area contributed by atoms with E-state index in [1.54, 1.807) is 6.07 Å². The van der Waals surface area contributed by atoms with Gasteiger partial charge in [0, 0.05) is 10.9 Å². The minimum Gasteiger partial charge on any atom is -0.448 e. The Hall–Kier alpha value is -0.260. The lowest BCUT2D eigenvalue weighted by Crippen LogP contribution is -1.99. The van der Waals surface area contributed by atoms with Crippen LogP contribution in [0.4, 0.5) is 0 Å². The molecule has 0 radical (unpaired) electrons. The summed E-state index contributed by atoms with van der Waals surface area (Å²) in [6.45, 7) is 3.96. The van der Waals surface area contributed by atoms with Gasteiger partial charge in [-0.1, -0.05) is 18.7 Å². The lowest BCUT2D eigenvalue weighted by molar-refractivity contribution is 0.500.